The topological polar surface area (TPSA) is 81.5 Å². The van der Waals surface area contributed by atoms with Crippen molar-refractivity contribution in [3.05, 3.63) is 45.2 Å². The van der Waals surface area contributed by atoms with Crippen LogP contribution in [-0.4, -0.2) is 10.8 Å². The molecule has 1 amide bonds. The van der Waals surface area contributed by atoms with Crippen molar-refractivity contribution in [1.29, 1.82) is 0 Å². The number of halogens is 2. The van der Waals surface area contributed by atoms with Crippen LogP contribution in [0.1, 0.15) is 17.9 Å². The van der Waals surface area contributed by atoms with Crippen molar-refractivity contribution in [1.82, 2.24) is 5.48 Å². The molecule has 0 saturated carbocycles. The number of nitrogens with one attached hydrogen (secondary N) is 1. The third kappa shape index (κ3) is 2.50. The number of hydrogen-bond donors (Lipinski definition) is 1. The van der Waals surface area contributed by atoms with E-state index in [-0.39, 0.29) is 17.7 Å². The fourth-order valence-electron chi connectivity index (χ4n) is 1.80. The number of nitro groups is 1. The quantitative estimate of drug-likeness (QED) is 0.683. The van der Waals surface area contributed by atoms with Gasteiger partial charge in [0, 0.05) is 23.2 Å². The van der Waals surface area contributed by atoms with Gasteiger partial charge >= 0.3 is 5.69 Å². The lowest BCUT2D eigenvalue weighted by Crippen LogP contribution is -2.36. The van der Waals surface area contributed by atoms with Gasteiger partial charge in [-0.3, -0.25) is 14.9 Å². The summed E-state index contributed by atoms with van der Waals surface area (Å²) in [4.78, 5) is 26.3. The van der Waals surface area contributed by atoms with Crippen molar-refractivity contribution >= 4 is 23.2 Å². The van der Waals surface area contributed by atoms with E-state index >= 15 is 0 Å². The van der Waals surface area contributed by atoms with Crippen molar-refractivity contribution in [2.45, 2.75) is 12.3 Å². The normalized spacial score (nSPS) is 17.8. The van der Waals surface area contributed by atoms with Gasteiger partial charge in [0.15, 0.2) is 5.75 Å². The molecule has 1 heterocycles. The number of hydroxylamine groups is 1. The molecule has 1 atom stereocenters. The highest BCUT2D eigenvalue weighted by Crippen LogP contribution is 2.36. The predicted octanol–water partition coefficient (Wildman–Crippen LogP) is 2.38. The van der Waals surface area contributed by atoms with Crippen LogP contribution in [0.4, 0.5) is 10.1 Å². The predicted molar refractivity (Wildman–Crippen MR) is 64.2 cm³/mol. The number of rotatable bonds is 3. The van der Waals surface area contributed by atoms with Crippen molar-refractivity contribution in [2.75, 3.05) is 0 Å². The summed E-state index contributed by atoms with van der Waals surface area (Å²) in [5.74, 6) is -2.15. The van der Waals surface area contributed by atoms with E-state index < -0.39 is 28.3 Å². The Kier molecular flexibility index (Phi) is 3.66. The molecule has 1 aliphatic heterocycles. The lowest BCUT2D eigenvalue weighted by atomic mass is 9.93. The summed E-state index contributed by atoms with van der Waals surface area (Å²) in [5, 5.41) is 10.7. The van der Waals surface area contributed by atoms with Crippen LogP contribution in [0.2, 0.25) is 0 Å². The fraction of sp³-hybridized carbons (Fsp3) is 0.182. The van der Waals surface area contributed by atoms with E-state index in [9.17, 15) is 19.3 Å². The molecule has 1 unspecified atom stereocenters. The highest BCUT2D eigenvalue weighted by Gasteiger charge is 2.32. The van der Waals surface area contributed by atoms with Gasteiger partial charge < -0.3 is 4.84 Å². The summed E-state index contributed by atoms with van der Waals surface area (Å²) in [7, 11) is 0. The lowest BCUT2D eigenvalue weighted by Gasteiger charge is -2.23. The van der Waals surface area contributed by atoms with E-state index in [0.717, 1.165) is 12.1 Å². The molecule has 6 nitrogen and oxygen atoms in total. The summed E-state index contributed by atoms with van der Waals surface area (Å²) in [6, 6.07) is 1.89. The summed E-state index contributed by atoms with van der Waals surface area (Å²) in [5.41, 5.74) is 2.92. The van der Waals surface area contributed by atoms with Crippen LogP contribution in [-0.2, 0) is 4.79 Å². The number of carbonyl (C=O) groups excluding carboxylic acids is 1. The van der Waals surface area contributed by atoms with Crippen LogP contribution in [0.15, 0.2) is 23.7 Å². The first-order valence-corrected chi connectivity index (χ1v) is 5.68. The Morgan fingerprint density at radius 2 is 2.32 bits per heavy atom. The van der Waals surface area contributed by atoms with Gasteiger partial charge in [-0.05, 0) is 6.42 Å². The lowest BCUT2D eigenvalue weighted by molar-refractivity contribution is -0.387. The maximum atomic E-state index is 13.4. The van der Waals surface area contributed by atoms with Crippen molar-refractivity contribution in [2.24, 2.45) is 0 Å². The monoisotopic (exact) mass is 286 g/mol. The van der Waals surface area contributed by atoms with Crippen molar-refractivity contribution < 1.29 is 18.9 Å². The Morgan fingerprint density at radius 1 is 1.58 bits per heavy atom. The molecule has 1 N–H and O–H groups in total. The first kappa shape index (κ1) is 13.3. The van der Waals surface area contributed by atoms with Crippen LogP contribution in [0, 0.1) is 15.9 Å². The molecule has 0 aliphatic carbocycles. The third-order valence-electron chi connectivity index (χ3n) is 2.69. The fourth-order valence-corrected chi connectivity index (χ4v) is 1.90. The van der Waals surface area contributed by atoms with E-state index in [1.54, 1.807) is 0 Å². The van der Waals surface area contributed by atoms with E-state index in [1.807, 2.05) is 0 Å². The van der Waals surface area contributed by atoms with E-state index in [4.69, 9.17) is 16.4 Å². The minimum absolute atomic E-state index is 0.0515. The molecular weight excluding hydrogens is 279 g/mol. The van der Waals surface area contributed by atoms with Gasteiger partial charge in [-0.2, -0.15) is 9.87 Å². The van der Waals surface area contributed by atoms with Crippen molar-refractivity contribution in [3.8, 4) is 5.75 Å². The van der Waals surface area contributed by atoms with E-state index in [0.29, 0.717) is 0 Å². The molecule has 0 bridgehead atoms. The summed E-state index contributed by atoms with van der Waals surface area (Å²) >= 11 is 5.39. The van der Waals surface area contributed by atoms with Crippen LogP contribution in [0.3, 0.4) is 0 Å². The number of nitrogens with zero attached hydrogens (tertiary/aromatic N) is 1. The largest absolute Gasteiger partial charge is 0.379 e. The smallest absolute Gasteiger partial charge is 0.305 e. The average molecular weight is 287 g/mol. The summed E-state index contributed by atoms with van der Waals surface area (Å²) in [6.07, 6.45) is 1.75. The molecule has 19 heavy (non-hydrogen) atoms. The first-order chi connectivity index (χ1) is 9.04. The molecule has 0 saturated heterocycles. The Balaban J connectivity index is 2.50. The van der Waals surface area contributed by atoms with E-state index in [1.165, 1.54) is 11.6 Å². The molecule has 1 aliphatic rings. The molecule has 0 radical (unpaired) electrons. The number of carbonyl (C=O) groups is 1. The Bertz CT molecular complexity index is 576. The Hall–Kier alpha value is -2.15. The standard InChI is InChI=1S/C11H8ClFN2O4/c12-3-1-2-6-7-4-9(15(17)18)8(13)5-10(7)19-14-11(6)16/h1,3-6H,2H2,(H,14,16)/b3-1+. The highest BCUT2D eigenvalue weighted by molar-refractivity contribution is 6.25. The Morgan fingerprint density at radius 3 is 2.95 bits per heavy atom. The highest BCUT2D eigenvalue weighted by atomic mass is 35.5. The van der Waals surface area contributed by atoms with Crippen LogP contribution in [0.5, 0.6) is 5.75 Å². The number of allylic oxidation sites excluding steroid dienone is 1. The number of fused-ring (bicyclic) bond motifs is 1. The van der Waals surface area contributed by atoms with Crippen LogP contribution in [0.25, 0.3) is 0 Å². The maximum Gasteiger partial charge on any atom is 0.305 e. The zero-order valence-electron chi connectivity index (χ0n) is 9.43. The minimum atomic E-state index is -1.02. The summed E-state index contributed by atoms with van der Waals surface area (Å²) in [6.45, 7) is 0. The average Bonchev–Trinajstić information content (AvgIpc) is 2.37. The van der Waals surface area contributed by atoms with Gasteiger partial charge in [0.1, 0.15) is 0 Å². The molecule has 0 spiro atoms. The molecule has 100 valence electrons. The second-order valence-electron chi connectivity index (χ2n) is 3.82. The van der Waals surface area contributed by atoms with Gasteiger partial charge in [0.2, 0.25) is 5.82 Å². The molecule has 1 aromatic rings. The van der Waals surface area contributed by atoms with Gasteiger partial charge in [0.05, 0.1) is 10.8 Å². The van der Waals surface area contributed by atoms with Gasteiger partial charge in [-0.15, -0.1) is 0 Å². The minimum Gasteiger partial charge on any atom is -0.379 e. The SMILES string of the molecule is O=C1NOc2cc(F)c([N+](=O)[O-])cc2C1C/C=C/Cl. The molecular formula is C11H8ClFN2O4. The Labute approximate surface area is 111 Å². The molecule has 0 aromatic heterocycles. The molecule has 1 aromatic carbocycles. The van der Waals surface area contributed by atoms with E-state index in [2.05, 4.69) is 5.48 Å². The number of amides is 1. The first-order valence-electron chi connectivity index (χ1n) is 5.24. The maximum absolute atomic E-state index is 13.4. The number of hydrogen-bond acceptors (Lipinski definition) is 4. The zero-order chi connectivity index (χ0) is 14.0. The van der Waals surface area contributed by atoms with Crippen LogP contribution >= 0.6 is 11.6 Å². The van der Waals surface area contributed by atoms with Crippen molar-refractivity contribution in [3.63, 3.8) is 0 Å². The second-order valence-corrected chi connectivity index (χ2v) is 4.07. The summed E-state index contributed by atoms with van der Waals surface area (Å²) < 4.78 is 13.4. The number of benzene rings is 1. The molecule has 8 heteroatoms. The van der Waals surface area contributed by atoms with Gasteiger partial charge in [0.25, 0.3) is 5.91 Å². The van der Waals surface area contributed by atoms with Gasteiger partial charge in [-0.25, -0.2) is 0 Å². The zero-order valence-corrected chi connectivity index (χ0v) is 10.2. The molecule has 0 fully saturated rings. The second kappa shape index (κ2) is 5.23. The molecule has 2 rings (SSSR count). The van der Waals surface area contributed by atoms with Gasteiger partial charge in [-0.1, -0.05) is 17.7 Å². The van der Waals surface area contributed by atoms with Crippen LogP contribution < -0.4 is 10.3 Å². The third-order valence-corrected chi connectivity index (χ3v) is 2.87. The number of nitro benzene ring substituents is 1.